The van der Waals surface area contributed by atoms with Gasteiger partial charge in [0.25, 0.3) is 0 Å². The van der Waals surface area contributed by atoms with E-state index in [-0.39, 0.29) is 12.6 Å². The quantitative estimate of drug-likeness (QED) is 0.570. The third-order valence-corrected chi connectivity index (χ3v) is 2.77. The molecule has 0 spiro atoms. The number of carbonyl (C=O) groups excluding carboxylic acids is 1. The van der Waals surface area contributed by atoms with Crippen molar-refractivity contribution in [3.63, 3.8) is 0 Å². The summed E-state index contributed by atoms with van der Waals surface area (Å²) in [6.07, 6.45) is 2.25. The first kappa shape index (κ1) is 16.6. The van der Waals surface area contributed by atoms with Gasteiger partial charge in [0.1, 0.15) is 6.61 Å². The van der Waals surface area contributed by atoms with Crippen molar-refractivity contribution in [2.45, 2.75) is 20.3 Å². The summed E-state index contributed by atoms with van der Waals surface area (Å²) in [6.45, 7) is 4.43. The van der Waals surface area contributed by atoms with Crippen molar-refractivity contribution in [2.24, 2.45) is 0 Å². The van der Waals surface area contributed by atoms with Gasteiger partial charge >= 0.3 is 5.97 Å². The van der Waals surface area contributed by atoms with Gasteiger partial charge in [-0.25, -0.2) is 4.79 Å². The summed E-state index contributed by atoms with van der Waals surface area (Å²) in [5, 5.41) is 8.88. The number of hydrogen-bond acceptors (Lipinski definition) is 5. The van der Waals surface area contributed by atoms with E-state index in [2.05, 4.69) is 10.8 Å². The first-order valence-electron chi connectivity index (χ1n) is 6.73. The van der Waals surface area contributed by atoms with E-state index in [0.29, 0.717) is 35.7 Å². The molecule has 1 rings (SSSR count). The Hall–Kier alpha value is -2.48. The second-order valence-corrected chi connectivity index (χ2v) is 4.09. The van der Waals surface area contributed by atoms with E-state index >= 15 is 0 Å². The SMILES string of the molecule is CCOc1cc(C#N)ccc1OCC=C(CC)C(=O)OC. The van der Waals surface area contributed by atoms with Gasteiger partial charge in [-0.2, -0.15) is 5.26 Å². The lowest BCUT2D eigenvalue weighted by Crippen LogP contribution is -2.06. The number of esters is 1. The Bertz CT molecular complexity index is 558. The third-order valence-electron chi connectivity index (χ3n) is 2.77. The summed E-state index contributed by atoms with van der Waals surface area (Å²) in [6, 6.07) is 7.02. The Kier molecular flexibility index (Phi) is 6.82. The molecule has 0 radical (unpaired) electrons. The van der Waals surface area contributed by atoms with Crippen LogP contribution >= 0.6 is 0 Å². The molecule has 0 N–H and O–H groups in total. The lowest BCUT2D eigenvalue weighted by atomic mass is 10.2. The highest BCUT2D eigenvalue weighted by Gasteiger charge is 2.08. The van der Waals surface area contributed by atoms with Crippen LogP contribution in [0.1, 0.15) is 25.8 Å². The normalized spacial score (nSPS) is 10.7. The van der Waals surface area contributed by atoms with Gasteiger partial charge < -0.3 is 14.2 Å². The Balaban J connectivity index is 2.81. The molecule has 0 unspecified atom stereocenters. The van der Waals surface area contributed by atoms with Gasteiger partial charge in [0, 0.05) is 11.6 Å². The molecule has 0 saturated carbocycles. The molecule has 0 aliphatic heterocycles. The Labute approximate surface area is 124 Å². The van der Waals surface area contributed by atoms with Crippen LogP contribution < -0.4 is 9.47 Å². The standard InChI is InChI=1S/C16H19NO4/c1-4-13(16(18)19-3)8-9-21-14-7-6-12(11-17)10-15(14)20-5-2/h6-8,10H,4-5,9H2,1-3H3. The molecular formula is C16H19NO4. The highest BCUT2D eigenvalue weighted by atomic mass is 16.5. The summed E-state index contributed by atoms with van der Waals surface area (Å²) in [5.74, 6) is 0.694. The van der Waals surface area contributed by atoms with Crippen molar-refractivity contribution in [1.29, 1.82) is 5.26 Å². The largest absolute Gasteiger partial charge is 0.490 e. The molecule has 21 heavy (non-hydrogen) atoms. The second kappa shape index (κ2) is 8.64. The van der Waals surface area contributed by atoms with Gasteiger partial charge in [-0.1, -0.05) is 6.92 Å². The number of nitriles is 1. The minimum Gasteiger partial charge on any atom is -0.490 e. The van der Waals surface area contributed by atoms with Gasteiger partial charge in [-0.05, 0) is 31.6 Å². The van der Waals surface area contributed by atoms with Crippen molar-refractivity contribution in [3.8, 4) is 17.6 Å². The predicted octanol–water partition coefficient (Wildman–Crippen LogP) is 2.85. The maximum absolute atomic E-state index is 11.4. The van der Waals surface area contributed by atoms with Gasteiger partial charge in [-0.3, -0.25) is 0 Å². The van der Waals surface area contributed by atoms with Crippen LogP contribution in [0.4, 0.5) is 0 Å². The van der Waals surface area contributed by atoms with E-state index in [1.165, 1.54) is 7.11 Å². The van der Waals surface area contributed by atoms with E-state index in [9.17, 15) is 4.79 Å². The van der Waals surface area contributed by atoms with Crippen molar-refractivity contribution >= 4 is 5.97 Å². The van der Waals surface area contributed by atoms with E-state index in [1.807, 2.05) is 13.8 Å². The lowest BCUT2D eigenvalue weighted by molar-refractivity contribution is -0.136. The highest BCUT2D eigenvalue weighted by Crippen LogP contribution is 2.28. The molecule has 1 aromatic rings. The number of ether oxygens (including phenoxy) is 3. The molecule has 0 fully saturated rings. The van der Waals surface area contributed by atoms with Crippen LogP contribution in [0.5, 0.6) is 11.5 Å². The Morgan fingerprint density at radius 2 is 2.05 bits per heavy atom. The van der Waals surface area contributed by atoms with Crippen LogP contribution in [-0.2, 0) is 9.53 Å². The molecule has 0 aromatic heterocycles. The fourth-order valence-electron chi connectivity index (χ4n) is 1.70. The van der Waals surface area contributed by atoms with Crippen LogP contribution in [0.25, 0.3) is 0 Å². The van der Waals surface area contributed by atoms with E-state index in [4.69, 9.17) is 14.7 Å². The molecule has 0 bridgehead atoms. The molecule has 0 aliphatic carbocycles. The molecular weight excluding hydrogens is 270 g/mol. The summed E-state index contributed by atoms with van der Waals surface area (Å²) in [5.41, 5.74) is 1.06. The number of benzene rings is 1. The molecule has 112 valence electrons. The van der Waals surface area contributed by atoms with Crippen molar-refractivity contribution in [3.05, 3.63) is 35.4 Å². The number of methoxy groups -OCH3 is 1. The summed E-state index contributed by atoms with van der Waals surface area (Å²) < 4.78 is 15.7. The molecule has 0 amide bonds. The van der Waals surface area contributed by atoms with E-state index in [1.54, 1.807) is 24.3 Å². The van der Waals surface area contributed by atoms with Gasteiger partial charge in [0.2, 0.25) is 0 Å². The maximum Gasteiger partial charge on any atom is 0.333 e. The lowest BCUT2D eigenvalue weighted by Gasteiger charge is -2.11. The maximum atomic E-state index is 11.4. The van der Waals surface area contributed by atoms with Crippen LogP contribution in [0, 0.1) is 11.3 Å². The van der Waals surface area contributed by atoms with E-state index in [0.717, 1.165) is 0 Å². The smallest absolute Gasteiger partial charge is 0.333 e. The first-order valence-corrected chi connectivity index (χ1v) is 6.73. The summed E-state index contributed by atoms with van der Waals surface area (Å²) in [7, 11) is 1.35. The molecule has 0 atom stereocenters. The number of hydrogen-bond donors (Lipinski definition) is 0. The van der Waals surface area contributed by atoms with E-state index < -0.39 is 0 Å². The Morgan fingerprint density at radius 3 is 2.62 bits per heavy atom. The molecule has 0 saturated heterocycles. The van der Waals surface area contributed by atoms with Crippen LogP contribution in [0.3, 0.4) is 0 Å². The average Bonchev–Trinajstić information content (AvgIpc) is 2.52. The van der Waals surface area contributed by atoms with Crippen molar-refractivity contribution in [2.75, 3.05) is 20.3 Å². The zero-order chi connectivity index (χ0) is 15.7. The second-order valence-electron chi connectivity index (χ2n) is 4.09. The molecule has 1 aromatic carbocycles. The molecule has 0 aliphatic rings. The third kappa shape index (κ3) is 4.84. The number of nitrogens with zero attached hydrogens (tertiary/aromatic N) is 1. The zero-order valence-electron chi connectivity index (χ0n) is 12.5. The average molecular weight is 289 g/mol. The van der Waals surface area contributed by atoms with Gasteiger partial charge in [-0.15, -0.1) is 0 Å². The molecule has 5 nitrogen and oxygen atoms in total. The zero-order valence-corrected chi connectivity index (χ0v) is 12.5. The summed E-state index contributed by atoms with van der Waals surface area (Å²) in [4.78, 5) is 11.4. The van der Waals surface area contributed by atoms with Crippen molar-refractivity contribution in [1.82, 2.24) is 0 Å². The van der Waals surface area contributed by atoms with Crippen LogP contribution in [0.2, 0.25) is 0 Å². The fraction of sp³-hybridized carbons (Fsp3) is 0.375. The minimum atomic E-state index is -0.356. The van der Waals surface area contributed by atoms with Crippen LogP contribution in [0.15, 0.2) is 29.8 Å². The number of carbonyl (C=O) groups is 1. The van der Waals surface area contributed by atoms with Gasteiger partial charge in [0.15, 0.2) is 11.5 Å². The minimum absolute atomic E-state index is 0.226. The fourth-order valence-corrected chi connectivity index (χ4v) is 1.70. The topological polar surface area (TPSA) is 68.5 Å². The highest BCUT2D eigenvalue weighted by molar-refractivity contribution is 5.88. The summed E-state index contributed by atoms with van der Waals surface area (Å²) >= 11 is 0. The predicted molar refractivity (Wildman–Crippen MR) is 78.2 cm³/mol. The molecule has 5 heteroatoms. The molecule has 0 heterocycles. The Morgan fingerprint density at radius 1 is 1.29 bits per heavy atom. The number of rotatable bonds is 7. The van der Waals surface area contributed by atoms with Crippen LogP contribution in [-0.4, -0.2) is 26.3 Å². The monoisotopic (exact) mass is 289 g/mol. The van der Waals surface area contributed by atoms with Gasteiger partial charge in [0.05, 0.1) is 25.3 Å². The van der Waals surface area contributed by atoms with Crippen molar-refractivity contribution < 1.29 is 19.0 Å². The first-order chi connectivity index (χ1) is 10.2.